The van der Waals surface area contributed by atoms with Gasteiger partial charge >= 0.3 is 0 Å². The summed E-state index contributed by atoms with van der Waals surface area (Å²) in [7, 11) is 0. The highest BCUT2D eigenvalue weighted by atomic mass is 16.1. The van der Waals surface area contributed by atoms with Gasteiger partial charge in [-0.15, -0.1) is 0 Å². The third-order valence-corrected chi connectivity index (χ3v) is 1.30. The van der Waals surface area contributed by atoms with E-state index in [1.807, 2.05) is 0 Å². The van der Waals surface area contributed by atoms with Gasteiger partial charge in [0.2, 0.25) is 0 Å². The summed E-state index contributed by atoms with van der Waals surface area (Å²) >= 11 is 0. The molecule has 0 aromatic carbocycles. The summed E-state index contributed by atoms with van der Waals surface area (Å²) in [4.78, 5) is 10.6. The molecule has 0 saturated carbocycles. The standard InChI is InChI=1S/C6H9N3O/c7-5(10)6(8)3-1-2-4-9-6/h1-4,9H,8H2,(H2,7,10). The number of carbonyl (C=O) groups is 1. The summed E-state index contributed by atoms with van der Waals surface area (Å²) in [6.07, 6.45) is 6.48. The van der Waals surface area contributed by atoms with Gasteiger partial charge in [-0.05, 0) is 18.4 Å². The van der Waals surface area contributed by atoms with Crippen molar-refractivity contribution in [2.75, 3.05) is 0 Å². The lowest BCUT2D eigenvalue weighted by atomic mass is 10.1. The number of hydrogen-bond acceptors (Lipinski definition) is 3. The number of hydrogen-bond donors (Lipinski definition) is 3. The monoisotopic (exact) mass is 139 g/mol. The Hall–Kier alpha value is -1.29. The zero-order chi connectivity index (χ0) is 7.61. The normalized spacial score (nSPS) is 29.7. The van der Waals surface area contributed by atoms with Crippen LogP contribution in [-0.2, 0) is 4.79 Å². The van der Waals surface area contributed by atoms with E-state index in [1.165, 1.54) is 6.08 Å². The van der Waals surface area contributed by atoms with Gasteiger partial charge in [-0.3, -0.25) is 10.5 Å². The van der Waals surface area contributed by atoms with Crippen LogP contribution < -0.4 is 16.8 Å². The van der Waals surface area contributed by atoms with Gasteiger partial charge in [-0.25, -0.2) is 0 Å². The lowest BCUT2D eigenvalue weighted by Crippen LogP contribution is -2.59. The molecule has 0 aromatic heterocycles. The van der Waals surface area contributed by atoms with Crippen LogP contribution in [0.25, 0.3) is 0 Å². The molecule has 1 aliphatic rings. The van der Waals surface area contributed by atoms with Crippen LogP contribution >= 0.6 is 0 Å². The predicted molar refractivity (Wildman–Crippen MR) is 37.5 cm³/mol. The summed E-state index contributed by atoms with van der Waals surface area (Å²) in [6.45, 7) is 0. The first-order valence-corrected chi connectivity index (χ1v) is 2.86. The van der Waals surface area contributed by atoms with Crippen LogP contribution in [0.4, 0.5) is 0 Å². The first kappa shape index (κ1) is 6.82. The molecule has 4 nitrogen and oxygen atoms in total. The zero-order valence-electron chi connectivity index (χ0n) is 5.37. The number of dihydropyridines is 1. The Morgan fingerprint density at radius 3 is 2.50 bits per heavy atom. The fraction of sp³-hybridized carbons (Fsp3) is 0.167. The van der Waals surface area contributed by atoms with Crippen molar-refractivity contribution >= 4 is 5.91 Å². The van der Waals surface area contributed by atoms with Gasteiger partial charge in [0.25, 0.3) is 5.91 Å². The zero-order valence-corrected chi connectivity index (χ0v) is 5.37. The molecule has 0 spiro atoms. The Morgan fingerprint density at radius 1 is 1.50 bits per heavy atom. The number of carbonyl (C=O) groups excluding carboxylic acids is 1. The highest BCUT2D eigenvalue weighted by Crippen LogP contribution is 2.01. The van der Waals surface area contributed by atoms with E-state index in [4.69, 9.17) is 11.5 Å². The summed E-state index contributed by atoms with van der Waals surface area (Å²) in [5, 5.41) is 2.63. The quantitative estimate of drug-likeness (QED) is 0.427. The molecule has 0 fully saturated rings. The van der Waals surface area contributed by atoms with Crippen molar-refractivity contribution in [3.05, 3.63) is 24.4 Å². The maximum Gasteiger partial charge on any atom is 0.262 e. The number of primary amides is 1. The van der Waals surface area contributed by atoms with Gasteiger partial charge in [0.1, 0.15) is 0 Å². The molecule has 1 atom stereocenters. The first-order valence-electron chi connectivity index (χ1n) is 2.86. The van der Waals surface area contributed by atoms with Gasteiger partial charge in [0.15, 0.2) is 5.66 Å². The fourth-order valence-electron chi connectivity index (χ4n) is 0.650. The topological polar surface area (TPSA) is 81.1 Å². The SMILES string of the molecule is NC(=O)C1(N)C=CC=CN1. The minimum absolute atomic E-state index is 0.590. The maximum atomic E-state index is 10.6. The molecule has 1 amide bonds. The Kier molecular flexibility index (Phi) is 1.47. The second kappa shape index (κ2) is 2.15. The minimum Gasteiger partial charge on any atom is -0.366 e. The van der Waals surface area contributed by atoms with E-state index in [0.29, 0.717) is 0 Å². The molecular weight excluding hydrogens is 130 g/mol. The van der Waals surface area contributed by atoms with Crippen LogP contribution in [0.1, 0.15) is 0 Å². The summed E-state index contributed by atoms with van der Waals surface area (Å²) in [5.74, 6) is -0.590. The lowest BCUT2D eigenvalue weighted by Gasteiger charge is -2.23. The molecular formula is C6H9N3O. The highest BCUT2D eigenvalue weighted by molar-refractivity contribution is 5.86. The van der Waals surface area contributed by atoms with Crippen molar-refractivity contribution in [1.29, 1.82) is 0 Å². The maximum absolute atomic E-state index is 10.6. The van der Waals surface area contributed by atoms with Crippen molar-refractivity contribution in [1.82, 2.24) is 5.32 Å². The van der Waals surface area contributed by atoms with Gasteiger partial charge in [-0.2, -0.15) is 0 Å². The Labute approximate surface area is 58.6 Å². The number of nitrogens with one attached hydrogen (secondary N) is 1. The van der Waals surface area contributed by atoms with Crippen molar-refractivity contribution in [2.45, 2.75) is 5.66 Å². The third-order valence-electron chi connectivity index (χ3n) is 1.30. The number of nitrogens with two attached hydrogens (primary N) is 2. The van der Waals surface area contributed by atoms with E-state index < -0.39 is 11.6 Å². The smallest absolute Gasteiger partial charge is 0.262 e. The Bertz CT molecular complexity index is 209. The van der Waals surface area contributed by atoms with Gasteiger partial charge < -0.3 is 11.1 Å². The molecule has 0 saturated heterocycles. The van der Waals surface area contributed by atoms with E-state index in [2.05, 4.69) is 5.32 Å². The van der Waals surface area contributed by atoms with E-state index >= 15 is 0 Å². The molecule has 1 aliphatic heterocycles. The summed E-state index contributed by atoms with van der Waals surface area (Å²) < 4.78 is 0. The van der Waals surface area contributed by atoms with E-state index in [9.17, 15) is 4.79 Å². The molecule has 1 rings (SSSR count). The Morgan fingerprint density at radius 2 is 2.20 bits per heavy atom. The molecule has 4 heteroatoms. The molecule has 5 N–H and O–H groups in total. The third kappa shape index (κ3) is 1.01. The van der Waals surface area contributed by atoms with Crippen molar-refractivity contribution in [2.24, 2.45) is 11.5 Å². The summed E-state index contributed by atoms with van der Waals surface area (Å²) in [6, 6.07) is 0. The molecule has 0 bridgehead atoms. The van der Waals surface area contributed by atoms with Crippen LogP contribution in [0.5, 0.6) is 0 Å². The average Bonchev–Trinajstić information content (AvgIpc) is 1.89. The van der Waals surface area contributed by atoms with Crippen LogP contribution in [0.15, 0.2) is 24.4 Å². The molecule has 0 aromatic rings. The second-order valence-electron chi connectivity index (χ2n) is 2.10. The minimum atomic E-state index is -1.20. The molecule has 10 heavy (non-hydrogen) atoms. The van der Waals surface area contributed by atoms with E-state index in [-0.39, 0.29) is 0 Å². The summed E-state index contributed by atoms with van der Waals surface area (Å²) in [5.41, 5.74) is 9.27. The van der Waals surface area contributed by atoms with Gasteiger partial charge in [0.05, 0.1) is 0 Å². The lowest BCUT2D eigenvalue weighted by molar-refractivity contribution is -0.122. The second-order valence-corrected chi connectivity index (χ2v) is 2.10. The van der Waals surface area contributed by atoms with Crippen molar-refractivity contribution < 1.29 is 4.79 Å². The number of allylic oxidation sites excluding steroid dienone is 2. The van der Waals surface area contributed by atoms with Crippen molar-refractivity contribution in [3.8, 4) is 0 Å². The largest absolute Gasteiger partial charge is 0.366 e. The van der Waals surface area contributed by atoms with Gasteiger partial charge in [-0.1, -0.05) is 6.08 Å². The number of rotatable bonds is 1. The first-order chi connectivity index (χ1) is 4.65. The number of amides is 1. The highest BCUT2D eigenvalue weighted by Gasteiger charge is 2.27. The molecule has 1 heterocycles. The van der Waals surface area contributed by atoms with Crippen LogP contribution in [0.3, 0.4) is 0 Å². The fourth-order valence-corrected chi connectivity index (χ4v) is 0.650. The van der Waals surface area contributed by atoms with Crippen LogP contribution in [0, 0.1) is 0 Å². The van der Waals surface area contributed by atoms with Crippen LogP contribution in [-0.4, -0.2) is 11.6 Å². The van der Waals surface area contributed by atoms with Crippen molar-refractivity contribution in [3.63, 3.8) is 0 Å². The van der Waals surface area contributed by atoms with E-state index in [1.54, 1.807) is 18.4 Å². The average molecular weight is 139 g/mol. The predicted octanol–water partition coefficient (Wildman–Crippen LogP) is -1.20. The molecule has 1 unspecified atom stereocenters. The Balaban J connectivity index is 2.80. The van der Waals surface area contributed by atoms with Crippen LogP contribution in [0.2, 0.25) is 0 Å². The van der Waals surface area contributed by atoms with E-state index in [0.717, 1.165) is 0 Å². The molecule has 54 valence electrons. The van der Waals surface area contributed by atoms with Gasteiger partial charge in [0, 0.05) is 0 Å². The molecule has 0 radical (unpaired) electrons. The molecule has 0 aliphatic carbocycles.